The molecule has 2 amide bonds. The fourth-order valence-electron chi connectivity index (χ4n) is 3.19. The highest BCUT2D eigenvalue weighted by Crippen LogP contribution is 2.42. The molecule has 1 aromatic rings. The molecule has 0 bridgehead atoms. The van der Waals surface area contributed by atoms with Crippen molar-refractivity contribution < 1.29 is 4.79 Å². The standard InChI is InChI=1S/C17H25N3OS/c1-10(15-9-22-16(19-15)13-5-6-13)18-17(21)20(14-7-8-14)11(2)12-3-4-12/h9-14H,3-8H2,1-2H3,(H,18,21). The number of aromatic nitrogens is 1. The molecular formula is C17H25N3OS. The van der Waals surface area contributed by atoms with Gasteiger partial charge >= 0.3 is 6.03 Å². The second-order valence-electron chi connectivity index (χ2n) is 7.27. The molecule has 0 saturated heterocycles. The molecule has 0 aliphatic heterocycles. The summed E-state index contributed by atoms with van der Waals surface area (Å²) in [6.45, 7) is 4.27. The van der Waals surface area contributed by atoms with Gasteiger partial charge in [0.05, 0.1) is 16.7 Å². The van der Waals surface area contributed by atoms with Crippen molar-refractivity contribution in [3.63, 3.8) is 0 Å². The van der Waals surface area contributed by atoms with Gasteiger partial charge in [-0.3, -0.25) is 0 Å². The summed E-state index contributed by atoms with van der Waals surface area (Å²) in [4.78, 5) is 19.6. The van der Waals surface area contributed by atoms with Crippen LogP contribution in [0.15, 0.2) is 5.38 Å². The van der Waals surface area contributed by atoms with E-state index in [0.29, 0.717) is 18.0 Å². The van der Waals surface area contributed by atoms with Gasteiger partial charge in [0.2, 0.25) is 0 Å². The van der Waals surface area contributed by atoms with E-state index in [2.05, 4.69) is 29.4 Å². The summed E-state index contributed by atoms with van der Waals surface area (Å²) in [7, 11) is 0. The van der Waals surface area contributed by atoms with Gasteiger partial charge in [0.15, 0.2) is 0 Å². The highest BCUT2D eigenvalue weighted by molar-refractivity contribution is 7.09. The van der Waals surface area contributed by atoms with Crippen LogP contribution < -0.4 is 5.32 Å². The van der Waals surface area contributed by atoms with E-state index in [1.54, 1.807) is 11.3 Å². The number of carbonyl (C=O) groups excluding carboxylic acids is 1. The lowest BCUT2D eigenvalue weighted by Gasteiger charge is -2.30. The van der Waals surface area contributed by atoms with E-state index in [4.69, 9.17) is 4.98 Å². The minimum absolute atomic E-state index is 0.00361. The molecule has 5 heteroatoms. The molecule has 1 N–H and O–H groups in total. The Morgan fingerprint density at radius 3 is 2.59 bits per heavy atom. The highest BCUT2D eigenvalue weighted by atomic mass is 32.1. The van der Waals surface area contributed by atoms with Crippen LogP contribution in [0.25, 0.3) is 0 Å². The van der Waals surface area contributed by atoms with Crippen LogP contribution in [0.1, 0.15) is 75.0 Å². The summed E-state index contributed by atoms with van der Waals surface area (Å²) >= 11 is 1.75. The fourth-order valence-corrected chi connectivity index (χ4v) is 4.28. The summed E-state index contributed by atoms with van der Waals surface area (Å²) in [5.74, 6) is 1.42. The monoisotopic (exact) mass is 319 g/mol. The Labute approximate surface area is 136 Å². The zero-order valence-electron chi connectivity index (χ0n) is 13.4. The first kappa shape index (κ1) is 14.5. The molecule has 3 saturated carbocycles. The third kappa shape index (κ3) is 3.00. The first-order chi connectivity index (χ1) is 10.6. The van der Waals surface area contributed by atoms with E-state index >= 15 is 0 Å². The lowest BCUT2D eigenvalue weighted by molar-refractivity contribution is 0.164. The Morgan fingerprint density at radius 1 is 1.27 bits per heavy atom. The van der Waals surface area contributed by atoms with Crippen LogP contribution in [0.4, 0.5) is 4.79 Å². The van der Waals surface area contributed by atoms with Crippen molar-refractivity contribution in [2.75, 3.05) is 0 Å². The lowest BCUT2D eigenvalue weighted by Crippen LogP contribution is -2.47. The third-order valence-electron chi connectivity index (χ3n) is 5.17. The lowest BCUT2D eigenvalue weighted by atomic mass is 10.2. The number of hydrogen-bond acceptors (Lipinski definition) is 3. The van der Waals surface area contributed by atoms with E-state index in [0.717, 1.165) is 11.6 Å². The smallest absolute Gasteiger partial charge is 0.318 e. The van der Waals surface area contributed by atoms with E-state index in [1.165, 1.54) is 43.5 Å². The molecule has 120 valence electrons. The van der Waals surface area contributed by atoms with Gasteiger partial charge in [-0.2, -0.15) is 0 Å². The average Bonchev–Trinajstić information content (AvgIpc) is 3.33. The van der Waals surface area contributed by atoms with Crippen molar-refractivity contribution in [1.82, 2.24) is 15.2 Å². The van der Waals surface area contributed by atoms with Crippen LogP contribution >= 0.6 is 11.3 Å². The summed E-state index contributed by atoms with van der Waals surface area (Å²) in [5, 5.41) is 6.55. The number of urea groups is 1. The molecule has 3 fully saturated rings. The van der Waals surface area contributed by atoms with Crippen molar-refractivity contribution in [3.8, 4) is 0 Å². The zero-order chi connectivity index (χ0) is 15.3. The van der Waals surface area contributed by atoms with Crippen molar-refractivity contribution in [2.45, 2.75) is 76.4 Å². The Balaban J connectivity index is 1.40. The Bertz CT molecular complexity index is 560. The van der Waals surface area contributed by atoms with Crippen molar-refractivity contribution in [3.05, 3.63) is 16.1 Å². The Hall–Kier alpha value is -1.10. The Morgan fingerprint density at radius 2 is 2.00 bits per heavy atom. The Kier molecular flexibility index (Phi) is 3.63. The number of nitrogens with one attached hydrogen (secondary N) is 1. The van der Waals surface area contributed by atoms with Crippen LogP contribution in [0, 0.1) is 5.92 Å². The van der Waals surface area contributed by atoms with E-state index in [9.17, 15) is 4.79 Å². The molecule has 4 rings (SSSR count). The van der Waals surface area contributed by atoms with Crippen molar-refractivity contribution in [1.29, 1.82) is 0 Å². The third-order valence-corrected chi connectivity index (χ3v) is 6.19. The first-order valence-corrected chi connectivity index (χ1v) is 9.55. The van der Waals surface area contributed by atoms with Crippen molar-refractivity contribution in [2.24, 2.45) is 5.92 Å². The minimum atomic E-state index is 0.00361. The summed E-state index contributed by atoms with van der Waals surface area (Å²) in [6, 6.07) is 0.969. The van der Waals surface area contributed by atoms with Crippen LogP contribution in [0.5, 0.6) is 0 Å². The second kappa shape index (κ2) is 5.52. The van der Waals surface area contributed by atoms with Crippen LogP contribution in [-0.4, -0.2) is 28.0 Å². The van der Waals surface area contributed by atoms with Gasteiger partial charge in [-0.05, 0) is 58.3 Å². The normalized spacial score (nSPS) is 23.9. The van der Waals surface area contributed by atoms with Crippen LogP contribution in [0.3, 0.4) is 0 Å². The van der Waals surface area contributed by atoms with Crippen LogP contribution in [0.2, 0.25) is 0 Å². The number of rotatable bonds is 6. The molecule has 2 unspecified atom stereocenters. The predicted octanol–water partition coefficient (Wildman–Crippen LogP) is 4.05. The number of thiazole rings is 1. The van der Waals surface area contributed by atoms with Crippen LogP contribution in [-0.2, 0) is 0 Å². The molecule has 0 aromatic carbocycles. The SMILES string of the molecule is CC(NC(=O)N(C1CC1)C(C)C1CC1)c1csc(C2CC2)n1. The van der Waals surface area contributed by atoms with E-state index < -0.39 is 0 Å². The molecule has 3 aliphatic carbocycles. The molecule has 0 radical (unpaired) electrons. The maximum Gasteiger partial charge on any atom is 0.318 e. The molecule has 1 aromatic heterocycles. The maximum absolute atomic E-state index is 12.7. The number of nitrogens with zero attached hydrogens (tertiary/aromatic N) is 2. The van der Waals surface area contributed by atoms with Crippen molar-refractivity contribution >= 4 is 17.4 Å². The molecule has 4 nitrogen and oxygen atoms in total. The second-order valence-corrected chi connectivity index (χ2v) is 8.16. The minimum Gasteiger partial charge on any atom is -0.330 e. The van der Waals surface area contributed by atoms with Gasteiger partial charge in [0.25, 0.3) is 0 Å². The highest BCUT2D eigenvalue weighted by Gasteiger charge is 2.42. The number of hydrogen-bond donors (Lipinski definition) is 1. The predicted molar refractivity (Wildman–Crippen MR) is 88.1 cm³/mol. The van der Waals surface area contributed by atoms with Gasteiger partial charge in [-0.15, -0.1) is 11.3 Å². The quantitative estimate of drug-likeness (QED) is 0.859. The summed E-state index contributed by atoms with van der Waals surface area (Å²) in [5.41, 5.74) is 1.02. The van der Waals surface area contributed by atoms with E-state index in [-0.39, 0.29) is 12.1 Å². The molecule has 22 heavy (non-hydrogen) atoms. The van der Waals surface area contributed by atoms with Gasteiger partial charge in [-0.1, -0.05) is 0 Å². The topological polar surface area (TPSA) is 45.2 Å². The number of amides is 2. The largest absolute Gasteiger partial charge is 0.330 e. The number of carbonyl (C=O) groups is 1. The molecule has 2 atom stereocenters. The molecule has 3 aliphatic rings. The molecule has 0 spiro atoms. The van der Waals surface area contributed by atoms with E-state index in [1.807, 2.05) is 0 Å². The molecule has 1 heterocycles. The first-order valence-electron chi connectivity index (χ1n) is 8.67. The fraction of sp³-hybridized carbons (Fsp3) is 0.765. The van der Waals surface area contributed by atoms with Gasteiger partial charge in [0.1, 0.15) is 0 Å². The summed E-state index contributed by atoms with van der Waals surface area (Å²) < 4.78 is 0. The average molecular weight is 319 g/mol. The summed E-state index contributed by atoms with van der Waals surface area (Å²) in [6.07, 6.45) is 7.46. The maximum atomic E-state index is 12.7. The zero-order valence-corrected chi connectivity index (χ0v) is 14.2. The van der Waals surface area contributed by atoms with Gasteiger partial charge in [-0.25, -0.2) is 9.78 Å². The van der Waals surface area contributed by atoms with Gasteiger partial charge < -0.3 is 10.2 Å². The molecular weight excluding hydrogens is 294 g/mol. The van der Waals surface area contributed by atoms with Gasteiger partial charge in [0, 0.05) is 23.4 Å².